The zero-order valence-corrected chi connectivity index (χ0v) is 9.11. The van der Waals surface area contributed by atoms with Crippen molar-refractivity contribution in [1.82, 2.24) is 0 Å². The lowest BCUT2D eigenvalue weighted by atomic mass is 10.2. The lowest BCUT2D eigenvalue weighted by Crippen LogP contribution is -2.18. The summed E-state index contributed by atoms with van der Waals surface area (Å²) in [6, 6.07) is 8.86. The minimum atomic E-state index is -0.933. The van der Waals surface area contributed by atoms with Crippen molar-refractivity contribution in [3.8, 4) is 0 Å². The van der Waals surface area contributed by atoms with Crippen molar-refractivity contribution in [2.24, 2.45) is 11.5 Å². The van der Waals surface area contributed by atoms with Gasteiger partial charge in [0, 0.05) is 6.08 Å². The minimum absolute atomic E-state index is 0.833. The Bertz CT molecular complexity index is 407. The molecule has 17 heavy (non-hydrogen) atoms. The summed E-state index contributed by atoms with van der Waals surface area (Å²) in [5.74, 6) is -0.933. The maximum Gasteiger partial charge on any atom is 0.328 e. The van der Waals surface area contributed by atoms with Crippen molar-refractivity contribution >= 4 is 18.1 Å². The highest BCUT2D eigenvalue weighted by molar-refractivity contribution is 5.80. The van der Waals surface area contributed by atoms with E-state index in [1.54, 1.807) is 6.08 Å². The summed E-state index contributed by atoms with van der Waals surface area (Å²) in [6.07, 6.45) is 6.14. The van der Waals surface area contributed by atoms with E-state index in [1.165, 1.54) is 6.08 Å². The minimum Gasteiger partial charge on any atom is -0.478 e. The van der Waals surface area contributed by atoms with Crippen molar-refractivity contribution in [3.63, 3.8) is 0 Å². The largest absolute Gasteiger partial charge is 0.478 e. The molecule has 0 aliphatic heterocycles. The quantitative estimate of drug-likeness (QED) is 0.543. The number of urea groups is 1. The molecule has 1 aromatic rings. The first-order chi connectivity index (χ1) is 8.02. The Balaban J connectivity index is 0.000000557. The van der Waals surface area contributed by atoms with Crippen LogP contribution >= 0.6 is 0 Å². The summed E-state index contributed by atoms with van der Waals surface area (Å²) >= 11 is 0. The Kier molecular flexibility index (Phi) is 7.41. The number of carboxylic acids is 1. The fraction of sp³-hybridized carbons (Fsp3) is 0. The predicted octanol–water partition coefficient (Wildman–Crippen LogP) is 1.36. The molecule has 0 spiro atoms. The Morgan fingerprint density at radius 3 is 2.06 bits per heavy atom. The van der Waals surface area contributed by atoms with Gasteiger partial charge in [-0.05, 0) is 5.56 Å². The maximum absolute atomic E-state index is 10.1. The molecule has 0 saturated carbocycles. The molecule has 0 bridgehead atoms. The second-order valence-electron chi connectivity index (χ2n) is 2.87. The van der Waals surface area contributed by atoms with Gasteiger partial charge in [-0.3, -0.25) is 0 Å². The van der Waals surface area contributed by atoms with Gasteiger partial charge in [-0.15, -0.1) is 0 Å². The number of aliphatic carboxylic acids is 1. The van der Waals surface area contributed by atoms with E-state index in [-0.39, 0.29) is 0 Å². The van der Waals surface area contributed by atoms with Gasteiger partial charge < -0.3 is 16.6 Å². The molecule has 5 heteroatoms. The third-order valence-corrected chi connectivity index (χ3v) is 1.44. The first kappa shape index (κ1) is 14.4. The predicted molar refractivity (Wildman–Crippen MR) is 66.0 cm³/mol. The third-order valence-electron chi connectivity index (χ3n) is 1.44. The fourth-order valence-corrected chi connectivity index (χ4v) is 0.869. The molecule has 2 amide bonds. The highest BCUT2D eigenvalue weighted by Gasteiger charge is 1.82. The summed E-state index contributed by atoms with van der Waals surface area (Å²) in [5, 5.41) is 8.29. The molecule has 0 heterocycles. The van der Waals surface area contributed by atoms with Gasteiger partial charge in [0.05, 0.1) is 0 Å². The topological polar surface area (TPSA) is 106 Å². The summed E-state index contributed by atoms with van der Waals surface area (Å²) in [5.41, 5.74) is 9.55. The summed E-state index contributed by atoms with van der Waals surface area (Å²) < 4.78 is 0. The van der Waals surface area contributed by atoms with Crippen LogP contribution < -0.4 is 11.5 Å². The number of nitrogens with two attached hydrogens (primary N) is 2. The molecular formula is C12H14N2O3. The van der Waals surface area contributed by atoms with Crippen LogP contribution in [0.5, 0.6) is 0 Å². The van der Waals surface area contributed by atoms with Crippen LogP contribution in [0.3, 0.4) is 0 Å². The number of amides is 2. The number of allylic oxidation sites excluding steroid dienone is 2. The molecule has 1 aromatic carbocycles. The van der Waals surface area contributed by atoms with Gasteiger partial charge >= 0.3 is 12.0 Å². The van der Waals surface area contributed by atoms with E-state index in [0.29, 0.717) is 0 Å². The number of hydrogen-bond acceptors (Lipinski definition) is 2. The smallest absolute Gasteiger partial charge is 0.328 e. The standard InChI is InChI=1S/C11H10O2.CH4N2O/c12-11(13)9-5-4-8-10-6-2-1-3-7-10;2-1(3)4/h1-9H,(H,12,13);(H4,2,3,4). The van der Waals surface area contributed by atoms with Crippen LogP contribution in [-0.2, 0) is 4.79 Å². The first-order valence-electron chi connectivity index (χ1n) is 4.70. The third kappa shape index (κ3) is 11.4. The van der Waals surface area contributed by atoms with Gasteiger partial charge in [-0.1, -0.05) is 48.6 Å². The summed E-state index contributed by atoms with van der Waals surface area (Å²) in [6.45, 7) is 0. The zero-order valence-electron chi connectivity index (χ0n) is 9.11. The molecule has 0 aromatic heterocycles. The average Bonchev–Trinajstić information content (AvgIpc) is 2.25. The van der Waals surface area contributed by atoms with Crippen molar-refractivity contribution in [1.29, 1.82) is 0 Å². The Morgan fingerprint density at radius 1 is 1.06 bits per heavy atom. The number of hydrogen-bond donors (Lipinski definition) is 3. The molecule has 0 aliphatic carbocycles. The molecule has 0 aliphatic rings. The van der Waals surface area contributed by atoms with Gasteiger partial charge in [0.1, 0.15) is 0 Å². The lowest BCUT2D eigenvalue weighted by Gasteiger charge is -1.87. The van der Waals surface area contributed by atoms with E-state index >= 15 is 0 Å². The van der Waals surface area contributed by atoms with Crippen molar-refractivity contribution in [2.45, 2.75) is 0 Å². The molecule has 5 nitrogen and oxygen atoms in total. The summed E-state index contributed by atoms with van der Waals surface area (Å²) in [4.78, 5) is 19.1. The normalized spacial score (nSPS) is 9.88. The van der Waals surface area contributed by atoms with Gasteiger partial charge in [-0.2, -0.15) is 0 Å². The molecule has 0 fully saturated rings. The monoisotopic (exact) mass is 234 g/mol. The number of benzene rings is 1. The molecule has 5 N–H and O–H groups in total. The Morgan fingerprint density at radius 2 is 1.59 bits per heavy atom. The number of carboxylic acid groups (broad SMARTS) is 1. The molecule has 1 rings (SSSR count). The van der Waals surface area contributed by atoms with Gasteiger partial charge in [0.25, 0.3) is 0 Å². The van der Waals surface area contributed by atoms with Crippen LogP contribution in [0.2, 0.25) is 0 Å². The van der Waals surface area contributed by atoms with Crippen molar-refractivity contribution in [2.75, 3.05) is 0 Å². The van der Waals surface area contributed by atoms with Crippen LogP contribution in [0.4, 0.5) is 4.79 Å². The van der Waals surface area contributed by atoms with Crippen LogP contribution in [0.25, 0.3) is 6.08 Å². The fourth-order valence-electron chi connectivity index (χ4n) is 0.869. The Labute approximate surface area is 99.0 Å². The highest BCUT2D eigenvalue weighted by Crippen LogP contribution is 2.00. The molecule has 0 unspecified atom stereocenters. The van der Waals surface area contributed by atoms with E-state index in [9.17, 15) is 4.79 Å². The second-order valence-corrected chi connectivity index (χ2v) is 2.87. The first-order valence-corrected chi connectivity index (χ1v) is 4.70. The van der Waals surface area contributed by atoms with E-state index in [1.807, 2.05) is 36.4 Å². The molecule has 0 atom stereocenters. The molecule has 90 valence electrons. The summed E-state index contributed by atoms with van der Waals surface area (Å²) in [7, 11) is 0. The van der Waals surface area contributed by atoms with E-state index in [0.717, 1.165) is 11.6 Å². The number of carbonyl (C=O) groups excluding carboxylic acids is 1. The molecular weight excluding hydrogens is 220 g/mol. The second kappa shape index (κ2) is 8.72. The highest BCUT2D eigenvalue weighted by atomic mass is 16.4. The van der Waals surface area contributed by atoms with Crippen LogP contribution in [-0.4, -0.2) is 17.1 Å². The average molecular weight is 234 g/mol. The maximum atomic E-state index is 10.1. The van der Waals surface area contributed by atoms with Crippen molar-refractivity contribution in [3.05, 3.63) is 54.1 Å². The van der Waals surface area contributed by atoms with Crippen LogP contribution in [0.1, 0.15) is 5.56 Å². The number of carbonyl (C=O) groups is 2. The molecule has 0 saturated heterocycles. The van der Waals surface area contributed by atoms with Crippen LogP contribution in [0, 0.1) is 0 Å². The van der Waals surface area contributed by atoms with Crippen molar-refractivity contribution < 1.29 is 14.7 Å². The zero-order chi connectivity index (χ0) is 13.1. The van der Waals surface area contributed by atoms with E-state index < -0.39 is 12.0 Å². The lowest BCUT2D eigenvalue weighted by molar-refractivity contribution is -0.131. The van der Waals surface area contributed by atoms with Crippen LogP contribution in [0.15, 0.2) is 48.6 Å². The van der Waals surface area contributed by atoms with Gasteiger partial charge in [-0.25, -0.2) is 9.59 Å². The van der Waals surface area contributed by atoms with E-state index in [2.05, 4.69) is 11.5 Å². The SMILES string of the molecule is NC(N)=O.O=C(O)C=CC=Cc1ccccc1. The molecule has 0 radical (unpaired) electrons. The Hall–Kier alpha value is -2.56. The van der Waals surface area contributed by atoms with Gasteiger partial charge in [0.2, 0.25) is 0 Å². The number of rotatable bonds is 3. The van der Waals surface area contributed by atoms with E-state index in [4.69, 9.17) is 9.90 Å². The number of primary amides is 2. The van der Waals surface area contributed by atoms with Gasteiger partial charge in [0.15, 0.2) is 0 Å².